The number of alkyl halides is 2. The highest BCUT2D eigenvalue weighted by Gasteiger charge is 2.33. The number of nitrogens with zero attached hydrogens (tertiary/aromatic N) is 5. The van der Waals surface area contributed by atoms with Gasteiger partial charge in [-0.2, -0.15) is 5.10 Å². The van der Waals surface area contributed by atoms with Crippen LogP contribution >= 0.6 is 0 Å². The molecule has 0 saturated carbocycles. The predicted molar refractivity (Wildman–Crippen MR) is 147 cm³/mol. The number of likely N-dealkylation sites (tertiary alicyclic amines) is 1. The number of anilines is 1. The third kappa shape index (κ3) is 6.16. The van der Waals surface area contributed by atoms with Gasteiger partial charge in [-0.25, -0.2) is 8.78 Å². The van der Waals surface area contributed by atoms with Crippen molar-refractivity contribution in [3.8, 4) is 11.1 Å². The van der Waals surface area contributed by atoms with Gasteiger partial charge in [-0.1, -0.05) is 6.07 Å². The summed E-state index contributed by atoms with van der Waals surface area (Å²) in [5, 5.41) is 10.8. The molecular formula is C29H31F2N7O2. The Hall–Kier alpha value is -3.80. The van der Waals surface area contributed by atoms with Crippen molar-refractivity contribution in [2.45, 2.75) is 31.9 Å². The first-order valence-electron chi connectivity index (χ1n) is 13.5. The predicted octanol–water partition coefficient (Wildman–Crippen LogP) is 4.34. The van der Waals surface area contributed by atoms with Crippen LogP contribution < -0.4 is 5.32 Å². The zero-order valence-electron chi connectivity index (χ0n) is 22.1. The van der Waals surface area contributed by atoms with E-state index in [0.29, 0.717) is 30.7 Å². The van der Waals surface area contributed by atoms with Crippen LogP contribution in [0.15, 0.2) is 55.0 Å². The molecule has 0 radical (unpaired) electrons. The van der Waals surface area contributed by atoms with E-state index in [9.17, 15) is 13.6 Å². The molecule has 0 spiro atoms. The first-order chi connectivity index (χ1) is 19.4. The third-order valence-electron chi connectivity index (χ3n) is 7.47. The number of pyridine rings is 2. The molecule has 2 aliphatic heterocycles. The van der Waals surface area contributed by atoms with Crippen LogP contribution in [0, 0.1) is 0 Å². The maximum absolute atomic E-state index is 13.5. The van der Waals surface area contributed by atoms with Gasteiger partial charge in [0.2, 0.25) is 0 Å². The average Bonchev–Trinajstić information content (AvgIpc) is 3.40. The molecule has 11 heteroatoms. The fraction of sp³-hybridized carbons (Fsp3) is 0.379. The Morgan fingerprint density at radius 3 is 2.52 bits per heavy atom. The molecule has 4 aromatic rings. The molecule has 3 aromatic heterocycles. The van der Waals surface area contributed by atoms with Crippen molar-refractivity contribution in [2.24, 2.45) is 0 Å². The van der Waals surface area contributed by atoms with Crippen LogP contribution in [0.2, 0.25) is 0 Å². The molecule has 9 nitrogen and oxygen atoms in total. The van der Waals surface area contributed by atoms with Gasteiger partial charge in [0.25, 0.3) is 11.8 Å². The molecule has 0 unspecified atom stereocenters. The van der Waals surface area contributed by atoms with Gasteiger partial charge in [0, 0.05) is 75.5 Å². The number of piperidine rings is 1. The van der Waals surface area contributed by atoms with Crippen LogP contribution in [0.1, 0.15) is 34.6 Å². The number of halogens is 2. The summed E-state index contributed by atoms with van der Waals surface area (Å²) in [6.45, 7) is 5.27. The molecular weight excluding hydrogens is 516 g/mol. The zero-order chi connectivity index (χ0) is 27.5. The van der Waals surface area contributed by atoms with E-state index in [-0.39, 0.29) is 24.4 Å². The molecule has 1 aromatic carbocycles. The van der Waals surface area contributed by atoms with Crippen molar-refractivity contribution in [2.75, 3.05) is 44.7 Å². The van der Waals surface area contributed by atoms with Gasteiger partial charge in [-0.05, 0) is 41.5 Å². The topological polar surface area (TPSA) is 99.3 Å². The second kappa shape index (κ2) is 11.4. The number of morpholine rings is 1. The van der Waals surface area contributed by atoms with Gasteiger partial charge < -0.3 is 10.1 Å². The Bertz CT molecular complexity index is 1480. The van der Waals surface area contributed by atoms with E-state index in [4.69, 9.17) is 4.74 Å². The quantitative estimate of drug-likeness (QED) is 0.355. The van der Waals surface area contributed by atoms with Crippen LogP contribution in [0.3, 0.4) is 0 Å². The van der Waals surface area contributed by atoms with Gasteiger partial charge >= 0.3 is 0 Å². The molecule has 0 aliphatic carbocycles. The van der Waals surface area contributed by atoms with Crippen molar-refractivity contribution in [1.82, 2.24) is 30.0 Å². The molecule has 0 atom stereocenters. The molecule has 2 aliphatic rings. The highest BCUT2D eigenvalue weighted by molar-refractivity contribution is 6.11. The Morgan fingerprint density at radius 2 is 1.75 bits per heavy atom. The number of H-pyrrole nitrogens is 1. The summed E-state index contributed by atoms with van der Waals surface area (Å²) in [6, 6.07) is 11.5. The minimum atomic E-state index is -2.57. The van der Waals surface area contributed by atoms with Crippen molar-refractivity contribution in [1.29, 1.82) is 0 Å². The first kappa shape index (κ1) is 26.4. The number of fused-ring (bicyclic) bond motifs is 1. The largest absolute Gasteiger partial charge is 0.379 e. The highest BCUT2D eigenvalue weighted by atomic mass is 19.3. The van der Waals surface area contributed by atoms with Gasteiger partial charge in [0.1, 0.15) is 0 Å². The normalized spacial score (nSPS) is 18.1. The lowest BCUT2D eigenvalue weighted by molar-refractivity contribution is -0.0566. The Morgan fingerprint density at radius 1 is 0.950 bits per heavy atom. The van der Waals surface area contributed by atoms with E-state index in [1.165, 1.54) is 0 Å². The fourth-order valence-electron chi connectivity index (χ4n) is 5.17. The highest BCUT2D eigenvalue weighted by Crippen LogP contribution is 2.30. The zero-order valence-corrected chi connectivity index (χ0v) is 22.1. The minimum Gasteiger partial charge on any atom is -0.379 e. The molecule has 208 valence electrons. The number of rotatable bonds is 7. The Kier molecular flexibility index (Phi) is 7.50. The molecule has 2 N–H and O–H groups in total. The van der Waals surface area contributed by atoms with E-state index >= 15 is 0 Å². The Balaban J connectivity index is 1.14. The molecule has 1 amide bonds. The summed E-state index contributed by atoms with van der Waals surface area (Å²) in [5.41, 5.74) is 5.28. The molecule has 6 rings (SSSR count). The number of benzene rings is 1. The van der Waals surface area contributed by atoms with Crippen LogP contribution in [0.25, 0.3) is 22.0 Å². The lowest BCUT2D eigenvalue weighted by atomic mass is 10.0. The van der Waals surface area contributed by atoms with Crippen molar-refractivity contribution < 1.29 is 18.3 Å². The first-order valence-corrected chi connectivity index (χ1v) is 13.5. The smallest absolute Gasteiger partial charge is 0.276 e. The summed E-state index contributed by atoms with van der Waals surface area (Å²) in [4.78, 5) is 26.4. The van der Waals surface area contributed by atoms with Crippen LogP contribution in [-0.4, -0.2) is 81.2 Å². The summed E-state index contributed by atoms with van der Waals surface area (Å²) < 4.78 is 32.4. The second-order valence-corrected chi connectivity index (χ2v) is 10.4. The second-order valence-electron chi connectivity index (χ2n) is 10.4. The summed E-state index contributed by atoms with van der Waals surface area (Å²) in [6.07, 6.45) is 4.97. The number of carbonyl (C=O) groups is 1. The van der Waals surface area contributed by atoms with E-state index < -0.39 is 5.92 Å². The lowest BCUT2D eigenvalue weighted by Gasteiger charge is -2.31. The molecule has 5 heterocycles. The molecule has 2 saturated heterocycles. The average molecular weight is 548 g/mol. The van der Waals surface area contributed by atoms with E-state index in [1.54, 1.807) is 18.6 Å². The van der Waals surface area contributed by atoms with Gasteiger partial charge in [0.15, 0.2) is 5.69 Å². The summed E-state index contributed by atoms with van der Waals surface area (Å²) in [7, 11) is 0. The van der Waals surface area contributed by atoms with Crippen molar-refractivity contribution in [3.05, 3.63) is 71.9 Å². The molecule has 40 heavy (non-hydrogen) atoms. The van der Waals surface area contributed by atoms with Crippen LogP contribution in [0.4, 0.5) is 14.5 Å². The van der Waals surface area contributed by atoms with Crippen molar-refractivity contribution in [3.63, 3.8) is 0 Å². The number of aromatic amines is 1. The van der Waals surface area contributed by atoms with Gasteiger partial charge in [-0.3, -0.25) is 29.7 Å². The van der Waals surface area contributed by atoms with Gasteiger partial charge in [0.05, 0.1) is 36.3 Å². The number of hydrogen-bond acceptors (Lipinski definition) is 7. The molecule has 0 bridgehead atoms. The lowest BCUT2D eigenvalue weighted by Crippen LogP contribution is -2.38. The van der Waals surface area contributed by atoms with Gasteiger partial charge in [-0.15, -0.1) is 0 Å². The number of hydrogen-bond donors (Lipinski definition) is 2. The third-order valence-corrected chi connectivity index (χ3v) is 7.47. The number of aromatic nitrogens is 4. The maximum atomic E-state index is 13.5. The Labute approximate surface area is 230 Å². The monoisotopic (exact) mass is 547 g/mol. The number of nitrogens with one attached hydrogen (secondary N) is 2. The van der Waals surface area contributed by atoms with Crippen molar-refractivity contribution >= 4 is 22.5 Å². The minimum absolute atomic E-state index is 0.114. The number of amides is 1. The number of carbonyl (C=O) groups excluding carboxylic acids is 1. The van der Waals surface area contributed by atoms with Crippen LogP contribution in [0.5, 0.6) is 0 Å². The van der Waals surface area contributed by atoms with Crippen LogP contribution in [-0.2, 0) is 17.8 Å². The number of ether oxygens (including phenoxy) is 1. The van der Waals surface area contributed by atoms with E-state index in [1.807, 2.05) is 41.3 Å². The maximum Gasteiger partial charge on any atom is 0.276 e. The van der Waals surface area contributed by atoms with E-state index in [2.05, 4.69) is 30.4 Å². The van der Waals surface area contributed by atoms with E-state index in [0.717, 1.165) is 60.7 Å². The fourth-order valence-corrected chi connectivity index (χ4v) is 5.17. The molecule has 2 fully saturated rings. The standard InChI is InChI=1S/C29H31F2N7O2/c30-29(31)5-7-37(8-6-29)18-20-13-22(16-32-15-20)21-1-4-26-25(14-21)27(36-35-26)28(39)34-23-2-3-24(33-17-23)19-38-9-11-40-12-10-38/h1-4,13-17H,5-12,18-19H2,(H,34,39)(H,35,36). The summed E-state index contributed by atoms with van der Waals surface area (Å²) >= 11 is 0. The summed E-state index contributed by atoms with van der Waals surface area (Å²) in [5.74, 6) is -2.90. The SMILES string of the molecule is O=C(Nc1ccc(CN2CCOCC2)nc1)c1n[nH]c2ccc(-c3cncc(CN4CCC(F)(F)CC4)c3)cc12.